The van der Waals surface area contributed by atoms with E-state index < -0.39 is 6.04 Å². The van der Waals surface area contributed by atoms with Crippen LogP contribution < -0.4 is 5.73 Å². The molecule has 0 spiro atoms. The van der Waals surface area contributed by atoms with Crippen molar-refractivity contribution < 1.29 is 9.21 Å². The van der Waals surface area contributed by atoms with Crippen LogP contribution in [-0.2, 0) is 11.3 Å². The van der Waals surface area contributed by atoms with Gasteiger partial charge in [0.1, 0.15) is 11.5 Å². The van der Waals surface area contributed by atoms with E-state index in [0.717, 1.165) is 11.5 Å². The zero-order valence-corrected chi connectivity index (χ0v) is 10.4. The Morgan fingerprint density at radius 3 is 2.56 bits per heavy atom. The van der Waals surface area contributed by atoms with Crippen molar-refractivity contribution in [1.82, 2.24) is 4.90 Å². The van der Waals surface area contributed by atoms with Crippen molar-refractivity contribution in [3.63, 3.8) is 0 Å². The van der Waals surface area contributed by atoms with Gasteiger partial charge in [0.05, 0.1) is 12.6 Å². The lowest BCUT2D eigenvalue weighted by Gasteiger charge is -2.22. The van der Waals surface area contributed by atoms with Crippen LogP contribution in [0, 0.1) is 12.8 Å². The van der Waals surface area contributed by atoms with Crippen LogP contribution in [0.5, 0.6) is 0 Å². The van der Waals surface area contributed by atoms with Gasteiger partial charge in [-0.05, 0) is 25.0 Å². The summed E-state index contributed by atoms with van der Waals surface area (Å²) in [6.07, 6.45) is 0. The maximum Gasteiger partial charge on any atom is 0.239 e. The minimum Gasteiger partial charge on any atom is -0.464 e. The SMILES string of the molecule is Cc1ccc(CN(C)C(=O)[C@@H](N)C(C)C)o1. The summed E-state index contributed by atoms with van der Waals surface area (Å²) in [5.41, 5.74) is 5.80. The molecule has 0 saturated heterocycles. The van der Waals surface area contributed by atoms with E-state index >= 15 is 0 Å². The third kappa shape index (κ3) is 3.10. The van der Waals surface area contributed by atoms with E-state index in [1.165, 1.54) is 0 Å². The van der Waals surface area contributed by atoms with Gasteiger partial charge in [-0.2, -0.15) is 0 Å². The molecule has 0 bridgehead atoms. The number of nitrogens with zero attached hydrogens (tertiary/aromatic N) is 1. The highest BCUT2D eigenvalue weighted by atomic mass is 16.3. The Bertz CT molecular complexity index is 358. The standard InChI is InChI=1S/C12H20N2O2/c1-8(2)11(13)12(15)14(4)7-10-6-5-9(3)16-10/h5-6,8,11H,7,13H2,1-4H3/t11-/m0/s1. The van der Waals surface area contributed by atoms with Gasteiger partial charge in [0, 0.05) is 7.05 Å². The van der Waals surface area contributed by atoms with Crippen molar-refractivity contribution in [1.29, 1.82) is 0 Å². The second-order valence-corrected chi connectivity index (χ2v) is 4.48. The molecule has 0 saturated carbocycles. The summed E-state index contributed by atoms with van der Waals surface area (Å²) in [6, 6.07) is 3.32. The quantitative estimate of drug-likeness (QED) is 0.843. The lowest BCUT2D eigenvalue weighted by Crippen LogP contribution is -2.44. The summed E-state index contributed by atoms with van der Waals surface area (Å²) in [7, 11) is 1.74. The summed E-state index contributed by atoms with van der Waals surface area (Å²) >= 11 is 0. The molecule has 1 aromatic rings. The Hall–Kier alpha value is -1.29. The van der Waals surface area contributed by atoms with E-state index in [2.05, 4.69) is 0 Å². The highest BCUT2D eigenvalue weighted by Gasteiger charge is 2.21. The first-order chi connectivity index (χ1) is 7.41. The van der Waals surface area contributed by atoms with Crippen molar-refractivity contribution in [2.24, 2.45) is 11.7 Å². The van der Waals surface area contributed by atoms with Gasteiger partial charge in [0.25, 0.3) is 0 Å². The Labute approximate surface area is 96.4 Å². The van der Waals surface area contributed by atoms with Gasteiger partial charge in [-0.1, -0.05) is 13.8 Å². The number of likely N-dealkylation sites (N-methyl/N-ethyl adjacent to an activating group) is 1. The van der Waals surface area contributed by atoms with Gasteiger partial charge in [-0.25, -0.2) is 0 Å². The third-order valence-corrected chi connectivity index (χ3v) is 2.57. The van der Waals surface area contributed by atoms with Crippen LogP contribution in [0.25, 0.3) is 0 Å². The fourth-order valence-electron chi connectivity index (χ4n) is 1.42. The second-order valence-electron chi connectivity index (χ2n) is 4.48. The normalized spacial score (nSPS) is 12.9. The van der Waals surface area contributed by atoms with Crippen molar-refractivity contribution in [3.05, 3.63) is 23.7 Å². The molecule has 1 aromatic heterocycles. The molecule has 16 heavy (non-hydrogen) atoms. The first kappa shape index (κ1) is 12.8. The summed E-state index contributed by atoms with van der Waals surface area (Å²) in [6.45, 7) is 6.22. The lowest BCUT2D eigenvalue weighted by molar-refractivity contribution is -0.133. The largest absolute Gasteiger partial charge is 0.464 e. The summed E-state index contributed by atoms with van der Waals surface area (Å²) in [5, 5.41) is 0. The van der Waals surface area contributed by atoms with E-state index in [-0.39, 0.29) is 11.8 Å². The van der Waals surface area contributed by atoms with E-state index in [9.17, 15) is 4.79 Å². The molecule has 0 fully saturated rings. The van der Waals surface area contributed by atoms with Crippen LogP contribution in [0.4, 0.5) is 0 Å². The molecule has 1 amide bonds. The maximum absolute atomic E-state index is 11.9. The predicted octanol–water partition coefficient (Wildman–Crippen LogP) is 1.53. The molecule has 0 aliphatic heterocycles. The van der Waals surface area contributed by atoms with Crippen LogP contribution >= 0.6 is 0 Å². The number of aryl methyl sites for hydroxylation is 1. The third-order valence-electron chi connectivity index (χ3n) is 2.57. The average Bonchev–Trinajstić information content (AvgIpc) is 2.61. The zero-order chi connectivity index (χ0) is 12.3. The zero-order valence-electron chi connectivity index (χ0n) is 10.4. The number of nitrogens with two attached hydrogens (primary N) is 1. The molecular weight excluding hydrogens is 204 g/mol. The number of rotatable bonds is 4. The smallest absolute Gasteiger partial charge is 0.239 e. The molecule has 4 heteroatoms. The summed E-state index contributed by atoms with van der Waals surface area (Å²) in [4.78, 5) is 13.5. The minimum atomic E-state index is -0.443. The van der Waals surface area contributed by atoms with Gasteiger partial charge in [-0.15, -0.1) is 0 Å². The van der Waals surface area contributed by atoms with E-state index in [0.29, 0.717) is 6.54 Å². The Morgan fingerprint density at radius 1 is 1.50 bits per heavy atom. The number of hydrogen-bond donors (Lipinski definition) is 1. The number of amides is 1. The van der Waals surface area contributed by atoms with Crippen molar-refractivity contribution >= 4 is 5.91 Å². The molecule has 90 valence electrons. The van der Waals surface area contributed by atoms with Crippen molar-refractivity contribution in [3.8, 4) is 0 Å². The fraction of sp³-hybridized carbons (Fsp3) is 0.583. The summed E-state index contributed by atoms with van der Waals surface area (Å²) in [5.74, 6) is 1.73. The van der Waals surface area contributed by atoms with Crippen molar-refractivity contribution in [2.45, 2.75) is 33.4 Å². The number of hydrogen-bond acceptors (Lipinski definition) is 3. The molecule has 0 aliphatic rings. The van der Waals surface area contributed by atoms with E-state index in [4.69, 9.17) is 10.2 Å². The molecule has 0 unspecified atom stereocenters. The topological polar surface area (TPSA) is 59.5 Å². The van der Waals surface area contributed by atoms with Gasteiger partial charge in [-0.3, -0.25) is 4.79 Å². The summed E-state index contributed by atoms with van der Waals surface area (Å²) < 4.78 is 5.41. The second kappa shape index (κ2) is 5.16. The number of carbonyl (C=O) groups is 1. The van der Waals surface area contributed by atoms with Crippen molar-refractivity contribution in [2.75, 3.05) is 7.05 Å². The van der Waals surface area contributed by atoms with E-state index in [1.807, 2.05) is 32.9 Å². The molecule has 4 nitrogen and oxygen atoms in total. The molecule has 0 radical (unpaired) electrons. The highest BCUT2D eigenvalue weighted by molar-refractivity contribution is 5.81. The Morgan fingerprint density at radius 2 is 2.12 bits per heavy atom. The molecule has 1 atom stereocenters. The van der Waals surface area contributed by atoms with Gasteiger partial charge >= 0.3 is 0 Å². The lowest BCUT2D eigenvalue weighted by atomic mass is 10.0. The average molecular weight is 224 g/mol. The monoisotopic (exact) mass is 224 g/mol. The van der Waals surface area contributed by atoms with Crippen LogP contribution in [0.15, 0.2) is 16.5 Å². The van der Waals surface area contributed by atoms with Crippen LogP contribution in [-0.4, -0.2) is 23.9 Å². The first-order valence-corrected chi connectivity index (χ1v) is 5.47. The van der Waals surface area contributed by atoms with E-state index in [1.54, 1.807) is 11.9 Å². The molecular formula is C12H20N2O2. The number of carbonyl (C=O) groups excluding carboxylic acids is 1. The fourth-order valence-corrected chi connectivity index (χ4v) is 1.42. The number of furan rings is 1. The molecule has 1 heterocycles. The molecule has 1 rings (SSSR count). The van der Waals surface area contributed by atoms with Gasteiger partial charge < -0.3 is 15.1 Å². The Kier molecular flexibility index (Phi) is 4.12. The maximum atomic E-state index is 11.9. The predicted molar refractivity (Wildman–Crippen MR) is 62.7 cm³/mol. The van der Waals surface area contributed by atoms with Gasteiger partial charge in [0.15, 0.2) is 0 Å². The van der Waals surface area contributed by atoms with Gasteiger partial charge in [0.2, 0.25) is 5.91 Å². The van der Waals surface area contributed by atoms with Crippen LogP contribution in [0.2, 0.25) is 0 Å². The first-order valence-electron chi connectivity index (χ1n) is 5.47. The van der Waals surface area contributed by atoms with Crippen LogP contribution in [0.1, 0.15) is 25.4 Å². The molecule has 2 N–H and O–H groups in total. The Balaban J connectivity index is 2.58. The van der Waals surface area contributed by atoms with Crippen LogP contribution in [0.3, 0.4) is 0 Å². The molecule has 0 aromatic carbocycles. The highest BCUT2D eigenvalue weighted by Crippen LogP contribution is 2.10. The molecule has 0 aliphatic carbocycles. The minimum absolute atomic E-state index is 0.0518.